The summed E-state index contributed by atoms with van der Waals surface area (Å²) in [6.07, 6.45) is 6.25. The highest BCUT2D eigenvalue weighted by molar-refractivity contribution is 6.02. The molecule has 0 aliphatic carbocycles. The summed E-state index contributed by atoms with van der Waals surface area (Å²) in [5, 5.41) is 8.21. The summed E-state index contributed by atoms with van der Waals surface area (Å²) in [5.41, 5.74) is 3.22. The number of para-hydroxylation sites is 1. The molecule has 4 rings (SSSR count). The lowest BCUT2D eigenvalue weighted by molar-refractivity contribution is -0.143. The molecule has 8 heteroatoms. The second kappa shape index (κ2) is 7.59. The average Bonchev–Trinajstić information content (AvgIpc) is 3.37. The molecule has 0 saturated carbocycles. The van der Waals surface area contributed by atoms with Gasteiger partial charge >= 0.3 is 5.97 Å². The van der Waals surface area contributed by atoms with E-state index in [1.807, 2.05) is 36.4 Å². The van der Waals surface area contributed by atoms with Gasteiger partial charge in [0, 0.05) is 31.1 Å². The van der Waals surface area contributed by atoms with Gasteiger partial charge in [0.1, 0.15) is 6.04 Å². The number of pyridine rings is 1. The van der Waals surface area contributed by atoms with Crippen LogP contribution in [0.2, 0.25) is 0 Å². The standard InChI is InChI=1S/C20H19N5O3/c1-28-20(27)18-11-14-5-2-3-7-17(14)25(18)19(26)9-8-15-13-24(23-22-15)16-6-4-10-21-12-16/h2-7,10,12-13,18H,8-9,11H2,1H3. The lowest BCUT2D eigenvalue weighted by Gasteiger charge is -2.23. The van der Waals surface area contributed by atoms with Gasteiger partial charge in [0.05, 0.1) is 30.9 Å². The Hall–Kier alpha value is -3.55. The van der Waals surface area contributed by atoms with Crippen molar-refractivity contribution in [3.05, 3.63) is 66.2 Å². The quantitative estimate of drug-likeness (QED) is 0.629. The molecular weight excluding hydrogens is 358 g/mol. The normalized spacial score (nSPS) is 15.3. The maximum atomic E-state index is 12.9. The van der Waals surface area contributed by atoms with Gasteiger partial charge in [0.25, 0.3) is 0 Å². The van der Waals surface area contributed by atoms with E-state index >= 15 is 0 Å². The third-order valence-corrected chi connectivity index (χ3v) is 4.76. The van der Waals surface area contributed by atoms with Crippen molar-refractivity contribution in [2.24, 2.45) is 0 Å². The molecule has 1 aliphatic rings. The number of aromatic nitrogens is 4. The van der Waals surface area contributed by atoms with Gasteiger partial charge in [0.2, 0.25) is 5.91 Å². The minimum Gasteiger partial charge on any atom is -0.467 e. The summed E-state index contributed by atoms with van der Waals surface area (Å²) in [4.78, 5) is 30.7. The molecule has 1 atom stereocenters. The summed E-state index contributed by atoms with van der Waals surface area (Å²) >= 11 is 0. The van der Waals surface area contributed by atoms with Gasteiger partial charge in [-0.1, -0.05) is 23.4 Å². The van der Waals surface area contributed by atoms with Crippen molar-refractivity contribution in [2.45, 2.75) is 25.3 Å². The number of carbonyl (C=O) groups excluding carboxylic acids is 2. The smallest absolute Gasteiger partial charge is 0.329 e. The zero-order valence-corrected chi connectivity index (χ0v) is 15.4. The molecule has 28 heavy (non-hydrogen) atoms. The van der Waals surface area contributed by atoms with E-state index in [-0.39, 0.29) is 12.3 Å². The number of hydrogen-bond acceptors (Lipinski definition) is 6. The van der Waals surface area contributed by atoms with Crippen LogP contribution in [-0.4, -0.2) is 45.0 Å². The molecular formula is C20H19N5O3. The number of esters is 1. The zero-order valence-electron chi connectivity index (χ0n) is 15.4. The molecule has 0 radical (unpaired) electrons. The molecule has 1 aromatic carbocycles. The summed E-state index contributed by atoms with van der Waals surface area (Å²) in [5.74, 6) is -0.552. The van der Waals surface area contributed by atoms with E-state index in [0.29, 0.717) is 18.5 Å². The minimum atomic E-state index is -0.624. The number of hydrogen-bond donors (Lipinski definition) is 0. The van der Waals surface area contributed by atoms with Crippen molar-refractivity contribution in [1.82, 2.24) is 20.0 Å². The van der Waals surface area contributed by atoms with Gasteiger partial charge in [0.15, 0.2) is 0 Å². The van der Waals surface area contributed by atoms with E-state index in [9.17, 15) is 9.59 Å². The van der Waals surface area contributed by atoms with Gasteiger partial charge in [-0.15, -0.1) is 5.10 Å². The van der Waals surface area contributed by atoms with Crippen LogP contribution >= 0.6 is 0 Å². The first kappa shape index (κ1) is 17.8. The third kappa shape index (κ3) is 3.36. The van der Waals surface area contributed by atoms with Crippen LogP contribution in [0.25, 0.3) is 5.69 Å². The summed E-state index contributed by atoms with van der Waals surface area (Å²) in [6.45, 7) is 0. The number of carbonyl (C=O) groups is 2. The number of benzene rings is 1. The Labute approximate surface area is 161 Å². The second-order valence-corrected chi connectivity index (χ2v) is 6.50. The number of aryl methyl sites for hydroxylation is 1. The Morgan fingerprint density at radius 1 is 1.21 bits per heavy atom. The van der Waals surface area contributed by atoms with Crippen LogP contribution in [0.3, 0.4) is 0 Å². The fourth-order valence-corrected chi connectivity index (χ4v) is 3.40. The number of rotatable bonds is 5. The Bertz CT molecular complexity index is 1000. The Morgan fingerprint density at radius 3 is 2.86 bits per heavy atom. The van der Waals surface area contributed by atoms with E-state index < -0.39 is 12.0 Å². The highest BCUT2D eigenvalue weighted by Gasteiger charge is 2.38. The van der Waals surface area contributed by atoms with Crippen LogP contribution in [-0.2, 0) is 27.2 Å². The van der Waals surface area contributed by atoms with E-state index in [2.05, 4.69) is 15.3 Å². The van der Waals surface area contributed by atoms with Crippen molar-refractivity contribution in [2.75, 3.05) is 12.0 Å². The lowest BCUT2D eigenvalue weighted by atomic mass is 10.1. The maximum absolute atomic E-state index is 12.9. The zero-order chi connectivity index (χ0) is 19.5. The van der Waals surface area contributed by atoms with Gasteiger partial charge in [-0.05, 0) is 23.8 Å². The van der Waals surface area contributed by atoms with E-state index in [1.54, 1.807) is 28.2 Å². The lowest BCUT2D eigenvalue weighted by Crippen LogP contribution is -2.43. The Morgan fingerprint density at radius 2 is 2.07 bits per heavy atom. The molecule has 0 saturated heterocycles. The second-order valence-electron chi connectivity index (χ2n) is 6.50. The van der Waals surface area contributed by atoms with Gasteiger partial charge in [-0.3, -0.25) is 14.7 Å². The molecule has 0 spiro atoms. The summed E-state index contributed by atoms with van der Waals surface area (Å²) in [6, 6.07) is 10.6. The van der Waals surface area contributed by atoms with Crippen molar-refractivity contribution in [3.63, 3.8) is 0 Å². The molecule has 3 aromatic rings. The van der Waals surface area contributed by atoms with Crippen LogP contribution < -0.4 is 4.90 Å². The van der Waals surface area contributed by atoms with Crippen molar-refractivity contribution < 1.29 is 14.3 Å². The number of amides is 1. The number of nitrogens with zero attached hydrogens (tertiary/aromatic N) is 5. The van der Waals surface area contributed by atoms with Crippen LogP contribution in [0.1, 0.15) is 17.7 Å². The molecule has 0 N–H and O–H groups in total. The largest absolute Gasteiger partial charge is 0.467 e. The molecule has 0 fully saturated rings. The van der Waals surface area contributed by atoms with E-state index in [4.69, 9.17) is 4.74 Å². The van der Waals surface area contributed by atoms with Crippen LogP contribution in [0.4, 0.5) is 5.69 Å². The first-order chi connectivity index (χ1) is 13.7. The summed E-state index contributed by atoms with van der Waals surface area (Å²) < 4.78 is 6.52. The van der Waals surface area contributed by atoms with Crippen molar-refractivity contribution in [3.8, 4) is 5.69 Å². The van der Waals surface area contributed by atoms with Crippen LogP contribution in [0, 0.1) is 0 Å². The third-order valence-electron chi connectivity index (χ3n) is 4.76. The number of fused-ring (bicyclic) bond motifs is 1. The fourth-order valence-electron chi connectivity index (χ4n) is 3.40. The first-order valence-electron chi connectivity index (χ1n) is 8.97. The molecule has 1 unspecified atom stereocenters. The minimum absolute atomic E-state index is 0.142. The molecule has 1 amide bonds. The highest BCUT2D eigenvalue weighted by atomic mass is 16.5. The van der Waals surface area contributed by atoms with Gasteiger partial charge in [-0.25, -0.2) is 9.48 Å². The topological polar surface area (TPSA) is 90.2 Å². The molecule has 3 heterocycles. The molecule has 8 nitrogen and oxygen atoms in total. The van der Waals surface area contributed by atoms with Gasteiger partial charge < -0.3 is 4.74 Å². The Balaban J connectivity index is 1.48. The van der Waals surface area contributed by atoms with Crippen molar-refractivity contribution >= 4 is 17.6 Å². The number of anilines is 1. The molecule has 2 aromatic heterocycles. The SMILES string of the molecule is COC(=O)C1Cc2ccccc2N1C(=O)CCc1cn(-c2cccnc2)nn1. The number of ether oxygens (including phenoxy) is 1. The fraction of sp³-hybridized carbons (Fsp3) is 0.250. The molecule has 1 aliphatic heterocycles. The average molecular weight is 377 g/mol. The highest BCUT2D eigenvalue weighted by Crippen LogP contribution is 2.33. The molecule has 142 valence electrons. The molecule has 0 bridgehead atoms. The maximum Gasteiger partial charge on any atom is 0.329 e. The predicted molar refractivity (Wildman–Crippen MR) is 101 cm³/mol. The van der Waals surface area contributed by atoms with E-state index in [0.717, 1.165) is 16.9 Å². The monoisotopic (exact) mass is 377 g/mol. The van der Waals surface area contributed by atoms with Crippen molar-refractivity contribution in [1.29, 1.82) is 0 Å². The number of methoxy groups -OCH3 is 1. The summed E-state index contributed by atoms with van der Waals surface area (Å²) in [7, 11) is 1.34. The van der Waals surface area contributed by atoms with Gasteiger partial charge in [-0.2, -0.15) is 0 Å². The Kier molecular flexibility index (Phi) is 4.84. The predicted octanol–water partition coefficient (Wildman–Crippen LogP) is 1.73. The van der Waals surface area contributed by atoms with E-state index in [1.165, 1.54) is 7.11 Å². The first-order valence-corrected chi connectivity index (χ1v) is 8.97. The van der Waals surface area contributed by atoms with Crippen LogP contribution in [0.5, 0.6) is 0 Å². The van der Waals surface area contributed by atoms with Crippen LogP contribution in [0.15, 0.2) is 55.0 Å².